The number of aromatic nitrogens is 1. The summed E-state index contributed by atoms with van der Waals surface area (Å²) in [6.07, 6.45) is 3.44. The zero-order valence-corrected chi connectivity index (χ0v) is 9.42. The summed E-state index contributed by atoms with van der Waals surface area (Å²) in [7, 11) is 0. The van der Waals surface area contributed by atoms with Crippen LogP contribution >= 0.6 is 0 Å². The molecule has 0 saturated carbocycles. The van der Waals surface area contributed by atoms with Crippen LogP contribution in [-0.4, -0.2) is 24.2 Å². The van der Waals surface area contributed by atoms with Gasteiger partial charge in [-0.3, -0.25) is 0 Å². The Balaban J connectivity index is 1.96. The zero-order chi connectivity index (χ0) is 11.0. The van der Waals surface area contributed by atoms with Crippen molar-refractivity contribution >= 4 is 10.9 Å². The normalized spacial score (nSPS) is 20.4. The molecule has 2 heterocycles. The summed E-state index contributed by atoms with van der Waals surface area (Å²) in [6, 6.07) is 6.22. The highest BCUT2D eigenvalue weighted by atomic mass is 16.5. The fourth-order valence-electron chi connectivity index (χ4n) is 2.27. The number of hydrogen-bond acceptors (Lipinski definition) is 2. The van der Waals surface area contributed by atoms with Gasteiger partial charge < -0.3 is 15.0 Å². The maximum atomic E-state index is 6.01. The average molecular weight is 216 g/mol. The molecule has 1 unspecified atom stereocenters. The number of aryl methyl sites for hydroxylation is 1. The molecular weight excluding hydrogens is 200 g/mol. The topological polar surface area (TPSA) is 37.0 Å². The average Bonchev–Trinajstić information content (AvgIpc) is 2.90. The lowest BCUT2D eigenvalue weighted by Crippen LogP contribution is -2.19. The van der Waals surface area contributed by atoms with Crippen LogP contribution < -0.4 is 10.1 Å². The Labute approximate surface area is 94.8 Å². The van der Waals surface area contributed by atoms with Crippen molar-refractivity contribution in [3.8, 4) is 5.75 Å². The zero-order valence-electron chi connectivity index (χ0n) is 9.42. The van der Waals surface area contributed by atoms with Crippen molar-refractivity contribution in [1.82, 2.24) is 10.3 Å². The second-order valence-electron chi connectivity index (χ2n) is 4.38. The molecule has 3 nitrogen and oxygen atoms in total. The number of nitrogens with one attached hydrogen (secondary N) is 2. The molecule has 0 amide bonds. The van der Waals surface area contributed by atoms with Gasteiger partial charge in [0, 0.05) is 18.1 Å². The van der Waals surface area contributed by atoms with Gasteiger partial charge >= 0.3 is 0 Å². The van der Waals surface area contributed by atoms with E-state index >= 15 is 0 Å². The summed E-state index contributed by atoms with van der Waals surface area (Å²) in [5.74, 6) is 0.972. The second-order valence-corrected chi connectivity index (χ2v) is 4.38. The summed E-state index contributed by atoms with van der Waals surface area (Å²) in [5.41, 5.74) is 2.39. The molecule has 1 aliphatic rings. The van der Waals surface area contributed by atoms with Crippen LogP contribution in [0, 0.1) is 6.92 Å². The molecule has 0 radical (unpaired) electrons. The van der Waals surface area contributed by atoms with Gasteiger partial charge in [0.15, 0.2) is 0 Å². The van der Waals surface area contributed by atoms with Gasteiger partial charge in [-0.15, -0.1) is 0 Å². The summed E-state index contributed by atoms with van der Waals surface area (Å²) in [6.45, 7) is 4.13. The molecule has 3 rings (SSSR count). The second kappa shape index (κ2) is 3.83. The van der Waals surface area contributed by atoms with Gasteiger partial charge in [-0.2, -0.15) is 0 Å². The Hall–Kier alpha value is -1.48. The number of hydrogen-bond donors (Lipinski definition) is 2. The van der Waals surface area contributed by atoms with Crippen LogP contribution in [0.4, 0.5) is 0 Å². The van der Waals surface area contributed by atoms with E-state index in [4.69, 9.17) is 4.74 Å². The summed E-state index contributed by atoms with van der Waals surface area (Å²) in [5, 5.41) is 4.56. The number of para-hydroxylation sites is 1. The van der Waals surface area contributed by atoms with E-state index in [1.165, 1.54) is 10.9 Å². The maximum absolute atomic E-state index is 6.01. The standard InChI is InChI=1S/C13H16N2O/c1-9-7-15-13-11(9)3-2-4-12(13)16-10-5-6-14-8-10/h2-4,7,10,14-15H,5-6,8H2,1H3. The van der Waals surface area contributed by atoms with Gasteiger partial charge in [-0.05, 0) is 31.5 Å². The third kappa shape index (κ3) is 1.57. The Morgan fingerprint density at radius 2 is 2.31 bits per heavy atom. The van der Waals surface area contributed by atoms with Gasteiger partial charge in [0.05, 0.1) is 5.52 Å². The number of aromatic amines is 1. The van der Waals surface area contributed by atoms with Crippen LogP contribution in [0.25, 0.3) is 10.9 Å². The predicted octanol–water partition coefficient (Wildman–Crippen LogP) is 2.22. The minimum Gasteiger partial charge on any atom is -0.487 e. The van der Waals surface area contributed by atoms with Crippen molar-refractivity contribution in [3.05, 3.63) is 30.0 Å². The number of rotatable bonds is 2. The van der Waals surface area contributed by atoms with Gasteiger partial charge in [0.2, 0.25) is 0 Å². The van der Waals surface area contributed by atoms with Crippen molar-refractivity contribution < 1.29 is 4.74 Å². The molecule has 0 bridgehead atoms. The Kier molecular flexibility index (Phi) is 2.33. The Bertz CT molecular complexity index is 498. The molecular formula is C13H16N2O. The van der Waals surface area contributed by atoms with E-state index in [0.717, 1.165) is 30.8 Å². The van der Waals surface area contributed by atoms with Crippen molar-refractivity contribution in [2.45, 2.75) is 19.4 Å². The van der Waals surface area contributed by atoms with Gasteiger partial charge in [0.1, 0.15) is 11.9 Å². The lowest BCUT2D eigenvalue weighted by molar-refractivity contribution is 0.225. The number of benzene rings is 1. The first-order valence-corrected chi connectivity index (χ1v) is 5.78. The highest BCUT2D eigenvalue weighted by molar-refractivity contribution is 5.88. The molecule has 2 aromatic rings. The third-order valence-electron chi connectivity index (χ3n) is 3.19. The summed E-state index contributed by atoms with van der Waals surface area (Å²) >= 11 is 0. The molecule has 1 saturated heterocycles. The van der Waals surface area contributed by atoms with E-state index in [1.54, 1.807) is 0 Å². The highest BCUT2D eigenvalue weighted by Crippen LogP contribution is 2.28. The molecule has 1 aromatic carbocycles. The molecule has 3 heteroatoms. The van der Waals surface area contributed by atoms with Crippen molar-refractivity contribution in [3.63, 3.8) is 0 Å². The molecule has 84 valence electrons. The van der Waals surface area contributed by atoms with Gasteiger partial charge in [0.25, 0.3) is 0 Å². The van der Waals surface area contributed by atoms with Gasteiger partial charge in [-0.25, -0.2) is 0 Å². The van der Waals surface area contributed by atoms with E-state index in [9.17, 15) is 0 Å². The third-order valence-corrected chi connectivity index (χ3v) is 3.19. The summed E-state index contributed by atoms with van der Waals surface area (Å²) < 4.78 is 6.01. The van der Waals surface area contributed by atoms with Crippen LogP contribution in [0.15, 0.2) is 24.4 Å². The molecule has 2 N–H and O–H groups in total. The lowest BCUT2D eigenvalue weighted by atomic mass is 10.2. The maximum Gasteiger partial charge on any atom is 0.143 e. The summed E-state index contributed by atoms with van der Waals surface area (Å²) in [4.78, 5) is 3.28. The van der Waals surface area contributed by atoms with E-state index in [2.05, 4.69) is 29.4 Å². The fraction of sp³-hybridized carbons (Fsp3) is 0.385. The number of H-pyrrole nitrogens is 1. The monoisotopic (exact) mass is 216 g/mol. The van der Waals surface area contributed by atoms with E-state index in [1.807, 2.05) is 12.3 Å². The SMILES string of the molecule is Cc1c[nH]c2c(OC3CCNC3)cccc12. The molecule has 1 aromatic heterocycles. The van der Waals surface area contributed by atoms with Crippen LogP contribution in [0.5, 0.6) is 5.75 Å². The minimum atomic E-state index is 0.314. The Morgan fingerprint density at radius 1 is 1.38 bits per heavy atom. The molecule has 16 heavy (non-hydrogen) atoms. The first-order valence-electron chi connectivity index (χ1n) is 5.78. The van der Waals surface area contributed by atoms with Crippen molar-refractivity contribution in [2.24, 2.45) is 0 Å². The largest absolute Gasteiger partial charge is 0.487 e. The minimum absolute atomic E-state index is 0.314. The highest BCUT2D eigenvalue weighted by Gasteiger charge is 2.17. The number of fused-ring (bicyclic) bond motifs is 1. The smallest absolute Gasteiger partial charge is 0.143 e. The molecule has 1 fully saturated rings. The van der Waals surface area contributed by atoms with E-state index in [-0.39, 0.29) is 0 Å². The number of ether oxygens (including phenoxy) is 1. The van der Waals surface area contributed by atoms with Gasteiger partial charge in [-0.1, -0.05) is 12.1 Å². The van der Waals surface area contributed by atoms with Crippen LogP contribution in [0.1, 0.15) is 12.0 Å². The van der Waals surface area contributed by atoms with Crippen molar-refractivity contribution in [1.29, 1.82) is 0 Å². The van der Waals surface area contributed by atoms with E-state index in [0.29, 0.717) is 6.10 Å². The first-order chi connectivity index (χ1) is 7.84. The fourth-order valence-corrected chi connectivity index (χ4v) is 2.27. The van der Waals surface area contributed by atoms with Crippen LogP contribution in [-0.2, 0) is 0 Å². The molecule has 0 spiro atoms. The van der Waals surface area contributed by atoms with Crippen LogP contribution in [0.3, 0.4) is 0 Å². The first kappa shape index (κ1) is 9.73. The lowest BCUT2D eigenvalue weighted by Gasteiger charge is -2.13. The van der Waals surface area contributed by atoms with Crippen LogP contribution in [0.2, 0.25) is 0 Å². The molecule has 1 atom stereocenters. The molecule has 1 aliphatic heterocycles. The quantitative estimate of drug-likeness (QED) is 0.807. The predicted molar refractivity (Wildman–Crippen MR) is 64.9 cm³/mol. The van der Waals surface area contributed by atoms with Crippen molar-refractivity contribution in [2.75, 3.05) is 13.1 Å². The Morgan fingerprint density at radius 3 is 3.12 bits per heavy atom. The van der Waals surface area contributed by atoms with E-state index < -0.39 is 0 Å². The molecule has 0 aliphatic carbocycles.